The summed E-state index contributed by atoms with van der Waals surface area (Å²) in [4.78, 5) is 0. The molecule has 1 aromatic rings. The van der Waals surface area contributed by atoms with Gasteiger partial charge in [0.1, 0.15) is 0 Å². The topological polar surface area (TPSA) is 9.23 Å². The molecule has 3 heteroatoms. The van der Waals surface area contributed by atoms with E-state index in [0.29, 0.717) is 5.92 Å². The van der Waals surface area contributed by atoms with E-state index in [0.717, 1.165) is 7.85 Å². The number of ether oxygens (including phenoxy) is 1. The van der Waals surface area contributed by atoms with Crippen molar-refractivity contribution in [1.82, 2.24) is 0 Å². The summed E-state index contributed by atoms with van der Waals surface area (Å²) in [5, 5.41) is 0. The molecule has 2 rings (SSSR count). The van der Waals surface area contributed by atoms with Crippen LogP contribution in [0, 0.1) is 5.92 Å². The molecular weight excluding hydrogens is 414 g/mol. The lowest BCUT2D eigenvalue weighted by atomic mass is 9.78. The molecule has 1 nitrogen and oxygen atoms in total. The minimum Gasteiger partial charge on any atom is -0.376 e. The van der Waals surface area contributed by atoms with Crippen molar-refractivity contribution in [3.63, 3.8) is 0 Å². The normalized spacial score (nSPS) is 32.1. The van der Waals surface area contributed by atoms with Crippen LogP contribution in [0.25, 0.3) is 0 Å². The molecule has 0 aliphatic heterocycles. The molecule has 0 aromatic heterocycles. The summed E-state index contributed by atoms with van der Waals surface area (Å²) in [6.45, 7) is 0. The van der Waals surface area contributed by atoms with E-state index in [-0.39, 0.29) is 6.10 Å². The van der Waals surface area contributed by atoms with Crippen molar-refractivity contribution in [3.05, 3.63) is 35.9 Å². The van der Waals surface area contributed by atoms with Crippen LogP contribution < -0.4 is 0 Å². The van der Waals surface area contributed by atoms with Gasteiger partial charge in [0.25, 0.3) is 0 Å². The molecule has 0 heterocycles. The van der Waals surface area contributed by atoms with E-state index in [9.17, 15) is 0 Å². The molecule has 1 aliphatic carbocycles. The molecule has 0 spiro atoms. The molecule has 82 valence electrons. The molecule has 0 bridgehead atoms. The van der Waals surface area contributed by atoms with Gasteiger partial charge in [0.05, 0.1) is 6.10 Å². The van der Waals surface area contributed by atoms with Crippen LogP contribution in [0.2, 0.25) is 0 Å². The number of rotatable bonds is 3. The molecular formula is C12H14I2O. The summed E-state index contributed by atoms with van der Waals surface area (Å²) in [5.74, 6) is 0.680. The molecule has 0 radical (unpaired) electrons. The Morgan fingerprint density at radius 2 is 1.93 bits per heavy atom. The first-order chi connectivity index (χ1) is 7.24. The lowest BCUT2D eigenvalue weighted by Crippen LogP contribution is -2.42. The van der Waals surface area contributed by atoms with Crippen LogP contribution in [-0.4, -0.2) is 15.0 Å². The Bertz CT molecular complexity index is 315. The Kier molecular flexibility index (Phi) is 4.29. The van der Waals surface area contributed by atoms with Crippen molar-refractivity contribution in [1.29, 1.82) is 0 Å². The van der Waals surface area contributed by atoms with E-state index in [1.54, 1.807) is 0 Å². The standard InChI is InChI=1S/C12H14I2O/c1-15-12(8-5-3-2-4-6-8)9-7-10(13)11(9)14/h2-6,9-12H,7H2,1H3. The number of halogens is 2. The summed E-state index contributed by atoms with van der Waals surface area (Å²) >= 11 is 5.10. The second kappa shape index (κ2) is 5.31. The molecule has 0 saturated heterocycles. The molecule has 1 aliphatic rings. The SMILES string of the molecule is COC(c1ccccc1)C1CC(I)C1I. The third-order valence-electron chi connectivity index (χ3n) is 3.02. The number of benzene rings is 1. The second-order valence-corrected chi connectivity index (χ2v) is 6.97. The fourth-order valence-corrected chi connectivity index (χ4v) is 4.17. The van der Waals surface area contributed by atoms with E-state index in [2.05, 4.69) is 75.5 Å². The smallest absolute Gasteiger partial charge is 0.0860 e. The van der Waals surface area contributed by atoms with Crippen LogP contribution in [0.3, 0.4) is 0 Å². The summed E-state index contributed by atoms with van der Waals surface area (Å²) in [6, 6.07) is 10.6. The van der Waals surface area contributed by atoms with Crippen molar-refractivity contribution in [2.75, 3.05) is 7.11 Å². The quantitative estimate of drug-likeness (QED) is 0.523. The van der Waals surface area contributed by atoms with Crippen LogP contribution in [0.4, 0.5) is 0 Å². The lowest BCUT2D eigenvalue weighted by molar-refractivity contribution is 0.0291. The van der Waals surface area contributed by atoms with Gasteiger partial charge in [-0.25, -0.2) is 0 Å². The van der Waals surface area contributed by atoms with Crippen LogP contribution >= 0.6 is 45.2 Å². The molecule has 1 fully saturated rings. The maximum Gasteiger partial charge on any atom is 0.0860 e. The monoisotopic (exact) mass is 428 g/mol. The van der Waals surface area contributed by atoms with Gasteiger partial charge in [-0.15, -0.1) is 0 Å². The zero-order chi connectivity index (χ0) is 10.8. The van der Waals surface area contributed by atoms with Crippen LogP contribution in [0.5, 0.6) is 0 Å². The summed E-state index contributed by atoms with van der Waals surface area (Å²) in [6.07, 6.45) is 1.56. The number of alkyl halides is 2. The highest BCUT2D eigenvalue weighted by Crippen LogP contribution is 2.47. The minimum absolute atomic E-state index is 0.277. The number of hydrogen-bond donors (Lipinski definition) is 0. The van der Waals surface area contributed by atoms with Gasteiger partial charge in [0.15, 0.2) is 0 Å². The first-order valence-electron chi connectivity index (χ1n) is 5.10. The largest absolute Gasteiger partial charge is 0.376 e. The Morgan fingerprint density at radius 3 is 2.40 bits per heavy atom. The van der Waals surface area contributed by atoms with Gasteiger partial charge < -0.3 is 4.74 Å². The highest BCUT2D eigenvalue weighted by molar-refractivity contribution is 14.1. The first-order valence-corrected chi connectivity index (χ1v) is 7.59. The van der Waals surface area contributed by atoms with Crippen LogP contribution in [-0.2, 0) is 4.74 Å². The van der Waals surface area contributed by atoms with Crippen LogP contribution in [0.15, 0.2) is 30.3 Å². The molecule has 15 heavy (non-hydrogen) atoms. The predicted octanol–water partition coefficient (Wildman–Crippen LogP) is 4.00. The first kappa shape index (κ1) is 12.1. The summed E-state index contributed by atoms with van der Waals surface area (Å²) in [5.41, 5.74) is 1.31. The maximum absolute atomic E-state index is 5.65. The fraction of sp³-hybridized carbons (Fsp3) is 0.500. The molecule has 0 amide bonds. The van der Waals surface area contributed by atoms with E-state index in [1.807, 2.05) is 7.11 Å². The maximum atomic E-state index is 5.65. The van der Waals surface area contributed by atoms with Gasteiger partial charge in [0, 0.05) is 20.9 Å². The lowest BCUT2D eigenvalue weighted by Gasteiger charge is -2.42. The Labute approximate surface area is 118 Å². The number of hydrogen-bond acceptors (Lipinski definition) is 1. The van der Waals surface area contributed by atoms with Gasteiger partial charge in [-0.2, -0.15) is 0 Å². The molecule has 1 aromatic carbocycles. The summed E-state index contributed by atoms with van der Waals surface area (Å²) in [7, 11) is 1.82. The minimum atomic E-state index is 0.277. The van der Waals surface area contributed by atoms with Gasteiger partial charge in [-0.3, -0.25) is 0 Å². The fourth-order valence-electron chi connectivity index (χ4n) is 2.08. The Morgan fingerprint density at radius 1 is 1.27 bits per heavy atom. The van der Waals surface area contributed by atoms with E-state index < -0.39 is 0 Å². The third kappa shape index (κ3) is 2.49. The molecule has 4 unspecified atom stereocenters. The molecule has 1 saturated carbocycles. The van der Waals surface area contributed by atoms with Gasteiger partial charge in [-0.05, 0) is 12.0 Å². The average Bonchev–Trinajstić information content (AvgIpc) is 2.30. The Hall–Kier alpha value is 0.640. The van der Waals surface area contributed by atoms with Gasteiger partial charge in [0.2, 0.25) is 0 Å². The zero-order valence-corrected chi connectivity index (χ0v) is 12.9. The van der Waals surface area contributed by atoms with E-state index >= 15 is 0 Å². The van der Waals surface area contributed by atoms with Gasteiger partial charge >= 0.3 is 0 Å². The van der Waals surface area contributed by atoms with E-state index in [1.165, 1.54) is 12.0 Å². The second-order valence-electron chi connectivity index (χ2n) is 3.93. The highest BCUT2D eigenvalue weighted by atomic mass is 127. The summed E-state index contributed by atoms with van der Waals surface area (Å²) < 4.78 is 7.21. The third-order valence-corrected chi connectivity index (χ3v) is 7.47. The van der Waals surface area contributed by atoms with Crippen molar-refractivity contribution < 1.29 is 4.74 Å². The molecule has 0 N–H and O–H groups in total. The number of methoxy groups -OCH3 is 1. The van der Waals surface area contributed by atoms with E-state index in [4.69, 9.17) is 4.74 Å². The average molecular weight is 428 g/mol. The highest BCUT2D eigenvalue weighted by Gasteiger charge is 2.42. The van der Waals surface area contributed by atoms with Crippen molar-refractivity contribution >= 4 is 45.2 Å². The molecule has 4 atom stereocenters. The zero-order valence-electron chi connectivity index (χ0n) is 8.57. The van der Waals surface area contributed by atoms with Crippen molar-refractivity contribution in [3.8, 4) is 0 Å². The van der Waals surface area contributed by atoms with Crippen molar-refractivity contribution in [2.45, 2.75) is 20.4 Å². The Balaban J connectivity index is 2.12. The van der Waals surface area contributed by atoms with Crippen LogP contribution in [0.1, 0.15) is 18.1 Å². The van der Waals surface area contributed by atoms with Gasteiger partial charge in [-0.1, -0.05) is 75.5 Å². The predicted molar refractivity (Wildman–Crippen MR) is 79.9 cm³/mol. The van der Waals surface area contributed by atoms with Crippen molar-refractivity contribution in [2.24, 2.45) is 5.92 Å².